The first-order chi connectivity index (χ1) is 6.72. The summed E-state index contributed by atoms with van der Waals surface area (Å²) < 4.78 is 0. The molecule has 1 aliphatic rings. The van der Waals surface area contributed by atoms with Crippen LogP contribution in [0.1, 0.15) is 37.8 Å². The Morgan fingerprint density at radius 1 is 1.57 bits per heavy atom. The third-order valence-electron chi connectivity index (χ3n) is 3.43. The molecule has 1 heterocycles. The Balaban J connectivity index is 2.33. The predicted molar refractivity (Wildman–Crippen MR) is 57.9 cm³/mol. The van der Waals surface area contributed by atoms with Crippen LogP contribution in [0, 0.1) is 5.92 Å². The summed E-state index contributed by atoms with van der Waals surface area (Å²) in [6.07, 6.45) is 7.16. The highest BCUT2D eigenvalue weighted by Crippen LogP contribution is 2.52. The highest BCUT2D eigenvalue weighted by atomic mass is 14.9. The van der Waals surface area contributed by atoms with Crippen LogP contribution in [0.5, 0.6) is 0 Å². The summed E-state index contributed by atoms with van der Waals surface area (Å²) in [6.45, 7) is 4.37. The minimum Gasteiger partial charge on any atom is -0.321 e. The van der Waals surface area contributed by atoms with Crippen LogP contribution in [0.3, 0.4) is 0 Å². The molecule has 0 aromatic carbocycles. The van der Waals surface area contributed by atoms with E-state index < -0.39 is 0 Å². The maximum absolute atomic E-state index is 6.37. The zero-order chi connectivity index (χ0) is 10.2. The maximum atomic E-state index is 6.37. The Morgan fingerprint density at radius 3 is 2.93 bits per heavy atom. The molecule has 2 unspecified atom stereocenters. The second kappa shape index (κ2) is 3.35. The van der Waals surface area contributed by atoms with Gasteiger partial charge in [-0.05, 0) is 36.0 Å². The summed E-state index contributed by atoms with van der Waals surface area (Å²) in [5.74, 6) is 0.676. The van der Waals surface area contributed by atoms with E-state index in [1.54, 1.807) is 0 Å². The lowest BCUT2D eigenvalue weighted by Crippen LogP contribution is -2.23. The van der Waals surface area contributed by atoms with Gasteiger partial charge in [0.1, 0.15) is 0 Å². The summed E-state index contributed by atoms with van der Waals surface area (Å²) in [4.78, 5) is 4.15. The molecular weight excluding hydrogens is 172 g/mol. The van der Waals surface area contributed by atoms with Crippen LogP contribution in [-0.2, 0) is 12.0 Å². The molecule has 1 aliphatic carbocycles. The van der Waals surface area contributed by atoms with Crippen LogP contribution < -0.4 is 5.73 Å². The van der Waals surface area contributed by atoms with Crippen molar-refractivity contribution in [2.45, 2.75) is 38.6 Å². The quantitative estimate of drug-likeness (QED) is 0.793. The summed E-state index contributed by atoms with van der Waals surface area (Å²) in [5, 5.41) is 0. The van der Waals surface area contributed by atoms with E-state index >= 15 is 0 Å². The van der Waals surface area contributed by atoms with Gasteiger partial charge in [-0.25, -0.2) is 0 Å². The van der Waals surface area contributed by atoms with Crippen LogP contribution in [0.4, 0.5) is 0 Å². The van der Waals surface area contributed by atoms with Crippen molar-refractivity contribution < 1.29 is 0 Å². The first-order valence-corrected chi connectivity index (χ1v) is 5.44. The molecule has 0 spiro atoms. The fraction of sp³-hybridized carbons (Fsp3) is 0.583. The zero-order valence-electron chi connectivity index (χ0n) is 8.96. The van der Waals surface area contributed by atoms with Crippen LogP contribution in [0.2, 0.25) is 0 Å². The van der Waals surface area contributed by atoms with Gasteiger partial charge in [0.15, 0.2) is 0 Å². The number of rotatable bonds is 3. The standard InChI is InChI=1S/C12H18N2/c1-3-9-8-14-6-5-11(9)12(13)7-10(12)4-2/h5-6,8,10H,3-4,7,13H2,1-2H3. The van der Waals surface area contributed by atoms with Gasteiger partial charge in [-0.1, -0.05) is 20.3 Å². The first-order valence-electron chi connectivity index (χ1n) is 5.44. The lowest BCUT2D eigenvalue weighted by atomic mass is 9.97. The average molecular weight is 190 g/mol. The molecule has 0 bridgehead atoms. The monoisotopic (exact) mass is 190 g/mol. The van der Waals surface area contributed by atoms with Crippen molar-refractivity contribution in [2.24, 2.45) is 11.7 Å². The molecule has 2 atom stereocenters. The Labute approximate surface area is 85.5 Å². The number of nitrogens with zero attached hydrogens (tertiary/aromatic N) is 1. The third kappa shape index (κ3) is 1.34. The molecule has 2 heteroatoms. The van der Waals surface area contributed by atoms with E-state index in [1.165, 1.54) is 17.5 Å². The molecule has 14 heavy (non-hydrogen) atoms. The van der Waals surface area contributed by atoms with E-state index in [0.29, 0.717) is 5.92 Å². The number of aromatic nitrogens is 1. The molecule has 2 rings (SSSR count). The molecule has 1 saturated carbocycles. The predicted octanol–water partition coefficient (Wildman–Crippen LogP) is 2.23. The second-order valence-corrected chi connectivity index (χ2v) is 4.24. The largest absolute Gasteiger partial charge is 0.321 e. The van der Waals surface area contributed by atoms with Crippen molar-refractivity contribution in [3.05, 3.63) is 29.6 Å². The molecule has 1 aromatic rings. The van der Waals surface area contributed by atoms with Crippen molar-refractivity contribution in [2.75, 3.05) is 0 Å². The lowest BCUT2D eigenvalue weighted by Gasteiger charge is -2.15. The highest BCUT2D eigenvalue weighted by molar-refractivity contribution is 5.36. The van der Waals surface area contributed by atoms with Crippen molar-refractivity contribution in [1.29, 1.82) is 0 Å². The smallest absolute Gasteiger partial charge is 0.0446 e. The highest BCUT2D eigenvalue weighted by Gasteiger charge is 2.51. The molecular formula is C12H18N2. The number of hydrogen-bond acceptors (Lipinski definition) is 2. The zero-order valence-corrected chi connectivity index (χ0v) is 8.96. The Hall–Kier alpha value is -0.890. The van der Waals surface area contributed by atoms with Gasteiger partial charge in [-0.15, -0.1) is 0 Å². The van der Waals surface area contributed by atoms with E-state index in [4.69, 9.17) is 5.73 Å². The van der Waals surface area contributed by atoms with E-state index in [0.717, 1.165) is 12.8 Å². The van der Waals surface area contributed by atoms with Gasteiger partial charge in [0.05, 0.1) is 0 Å². The Bertz CT molecular complexity index is 335. The molecule has 1 aromatic heterocycles. The lowest BCUT2D eigenvalue weighted by molar-refractivity contribution is 0.608. The Kier molecular flexibility index (Phi) is 2.31. The summed E-state index contributed by atoms with van der Waals surface area (Å²) in [5.41, 5.74) is 8.96. The molecule has 2 nitrogen and oxygen atoms in total. The van der Waals surface area contributed by atoms with E-state index in [-0.39, 0.29) is 5.54 Å². The van der Waals surface area contributed by atoms with E-state index in [9.17, 15) is 0 Å². The van der Waals surface area contributed by atoms with Gasteiger partial charge in [-0.2, -0.15) is 0 Å². The summed E-state index contributed by atoms with van der Waals surface area (Å²) in [7, 11) is 0. The number of pyridine rings is 1. The Morgan fingerprint density at radius 2 is 2.36 bits per heavy atom. The van der Waals surface area contributed by atoms with Crippen molar-refractivity contribution in [3.8, 4) is 0 Å². The van der Waals surface area contributed by atoms with Gasteiger partial charge in [0.25, 0.3) is 0 Å². The molecule has 0 amide bonds. The van der Waals surface area contributed by atoms with E-state index in [1.807, 2.05) is 12.4 Å². The summed E-state index contributed by atoms with van der Waals surface area (Å²) >= 11 is 0. The fourth-order valence-corrected chi connectivity index (χ4v) is 2.35. The summed E-state index contributed by atoms with van der Waals surface area (Å²) in [6, 6.07) is 2.09. The second-order valence-electron chi connectivity index (χ2n) is 4.24. The van der Waals surface area contributed by atoms with Gasteiger partial charge < -0.3 is 5.73 Å². The average Bonchev–Trinajstić information content (AvgIpc) is 2.91. The molecule has 0 aliphatic heterocycles. The van der Waals surface area contributed by atoms with Gasteiger partial charge >= 0.3 is 0 Å². The minimum atomic E-state index is -0.0387. The molecule has 1 fully saturated rings. The molecule has 0 radical (unpaired) electrons. The van der Waals surface area contributed by atoms with Crippen LogP contribution in [-0.4, -0.2) is 4.98 Å². The van der Waals surface area contributed by atoms with E-state index in [2.05, 4.69) is 24.9 Å². The van der Waals surface area contributed by atoms with Crippen LogP contribution in [0.25, 0.3) is 0 Å². The first kappa shape index (κ1) is 9.66. The van der Waals surface area contributed by atoms with Crippen LogP contribution >= 0.6 is 0 Å². The van der Waals surface area contributed by atoms with Gasteiger partial charge in [0.2, 0.25) is 0 Å². The SMILES string of the molecule is CCc1cnccc1C1(N)CC1CC. The molecule has 2 N–H and O–H groups in total. The number of aryl methyl sites for hydroxylation is 1. The van der Waals surface area contributed by atoms with Crippen LogP contribution in [0.15, 0.2) is 18.5 Å². The topological polar surface area (TPSA) is 38.9 Å². The molecule has 76 valence electrons. The fourth-order valence-electron chi connectivity index (χ4n) is 2.35. The number of nitrogens with two attached hydrogens (primary N) is 1. The van der Waals surface area contributed by atoms with Crippen molar-refractivity contribution >= 4 is 0 Å². The van der Waals surface area contributed by atoms with Gasteiger partial charge in [-0.3, -0.25) is 4.98 Å². The van der Waals surface area contributed by atoms with Crippen molar-refractivity contribution in [3.63, 3.8) is 0 Å². The normalized spacial score (nSPS) is 30.4. The molecule has 0 saturated heterocycles. The van der Waals surface area contributed by atoms with Crippen molar-refractivity contribution in [1.82, 2.24) is 4.98 Å². The third-order valence-corrected chi connectivity index (χ3v) is 3.43. The maximum Gasteiger partial charge on any atom is 0.0446 e. The minimum absolute atomic E-state index is 0.0387. The van der Waals surface area contributed by atoms with Gasteiger partial charge in [0, 0.05) is 17.9 Å². The number of hydrogen-bond donors (Lipinski definition) is 1.